The molecule has 0 aromatic heterocycles. The number of benzene rings is 2. The van der Waals surface area contributed by atoms with Gasteiger partial charge in [-0.25, -0.2) is 8.42 Å². The van der Waals surface area contributed by atoms with Gasteiger partial charge in [0, 0.05) is 6.07 Å². The third-order valence-corrected chi connectivity index (χ3v) is 4.43. The molecule has 2 aromatic carbocycles. The van der Waals surface area contributed by atoms with Crippen molar-refractivity contribution in [3.05, 3.63) is 48.0 Å². The van der Waals surface area contributed by atoms with Crippen LogP contribution in [-0.4, -0.2) is 28.6 Å². The van der Waals surface area contributed by atoms with Crippen molar-refractivity contribution in [2.45, 2.75) is 4.90 Å². The number of nitrogens with one attached hydrogen (secondary N) is 1. The molecule has 0 bridgehead atoms. The molecule has 0 unspecified atom stereocenters. The topological polar surface area (TPSA) is 105 Å². The smallest absolute Gasteiger partial charge is 0.262 e. The van der Waals surface area contributed by atoms with Crippen LogP contribution in [-0.2, 0) is 10.0 Å². The number of hydrogen-bond donors (Lipinski definition) is 1. The van der Waals surface area contributed by atoms with E-state index in [2.05, 4.69) is 4.72 Å². The average Bonchev–Trinajstić information content (AvgIpc) is 2.54. The van der Waals surface area contributed by atoms with Crippen molar-refractivity contribution in [2.24, 2.45) is 0 Å². The zero-order valence-electron chi connectivity index (χ0n) is 12.4. The molecule has 0 radical (unpaired) electrons. The van der Waals surface area contributed by atoms with Crippen LogP contribution in [0.1, 0.15) is 10.4 Å². The lowest BCUT2D eigenvalue weighted by Crippen LogP contribution is -2.22. The van der Waals surface area contributed by atoms with Crippen molar-refractivity contribution < 1.29 is 27.8 Å². The summed E-state index contributed by atoms with van der Waals surface area (Å²) in [5.41, 5.74) is 0.0961. The number of carbonyl (C=O) groups is 1. The Morgan fingerprint density at radius 1 is 1.04 bits per heavy atom. The van der Waals surface area contributed by atoms with E-state index in [1.807, 2.05) is 0 Å². The number of methoxy groups -OCH3 is 2. The van der Waals surface area contributed by atoms with Gasteiger partial charge in [0.1, 0.15) is 11.5 Å². The molecule has 0 fully saturated rings. The maximum atomic E-state index is 12.4. The first kappa shape index (κ1) is 16.6. The lowest BCUT2D eigenvalue weighted by molar-refractivity contribution is -0.255. The second kappa shape index (κ2) is 6.57. The zero-order valence-corrected chi connectivity index (χ0v) is 13.2. The first-order chi connectivity index (χ1) is 10.9. The number of ether oxygens (including phenoxy) is 2. The molecular weight excluding hydrogens is 322 g/mol. The Hall–Kier alpha value is -2.74. The van der Waals surface area contributed by atoms with E-state index in [1.165, 1.54) is 32.4 Å². The highest BCUT2D eigenvalue weighted by Gasteiger charge is 2.17. The van der Waals surface area contributed by atoms with Gasteiger partial charge in [-0.3, -0.25) is 4.72 Å². The maximum absolute atomic E-state index is 12.4. The summed E-state index contributed by atoms with van der Waals surface area (Å²) >= 11 is 0. The van der Waals surface area contributed by atoms with Crippen LogP contribution in [0, 0.1) is 0 Å². The van der Waals surface area contributed by atoms with Crippen LogP contribution in [0.2, 0.25) is 0 Å². The van der Waals surface area contributed by atoms with Gasteiger partial charge in [-0.15, -0.1) is 0 Å². The molecule has 0 aliphatic heterocycles. The van der Waals surface area contributed by atoms with Crippen molar-refractivity contribution in [2.75, 3.05) is 18.9 Å². The molecule has 0 amide bonds. The highest BCUT2D eigenvalue weighted by molar-refractivity contribution is 7.92. The SMILES string of the molecule is COc1ccc(OC)c(NS(=O)(=O)c2ccc(C(=O)[O-])cc2)c1. The normalized spacial score (nSPS) is 10.9. The Balaban J connectivity index is 2.36. The van der Waals surface area contributed by atoms with Crippen LogP contribution < -0.4 is 19.3 Å². The monoisotopic (exact) mass is 336 g/mol. The van der Waals surface area contributed by atoms with Crippen LogP contribution in [0.15, 0.2) is 47.4 Å². The lowest BCUT2D eigenvalue weighted by atomic mass is 10.2. The number of anilines is 1. The van der Waals surface area contributed by atoms with Gasteiger partial charge in [-0.1, -0.05) is 12.1 Å². The standard InChI is InChI=1S/C15H15NO6S/c1-21-11-5-8-14(22-2)13(9-11)16-23(19,20)12-6-3-10(4-7-12)15(17)18/h3-9,16H,1-2H3,(H,17,18)/p-1. The Bertz CT molecular complexity index is 814. The van der Waals surface area contributed by atoms with Gasteiger partial charge in [-0.05, 0) is 29.8 Å². The third kappa shape index (κ3) is 3.72. The van der Waals surface area contributed by atoms with Gasteiger partial charge >= 0.3 is 0 Å². The number of carbonyl (C=O) groups excluding carboxylic acids is 1. The largest absolute Gasteiger partial charge is 0.545 e. The van der Waals surface area contributed by atoms with Gasteiger partial charge in [0.15, 0.2) is 0 Å². The Morgan fingerprint density at radius 2 is 1.70 bits per heavy atom. The van der Waals surface area contributed by atoms with Gasteiger partial charge in [0.2, 0.25) is 0 Å². The van der Waals surface area contributed by atoms with E-state index >= 15 is 0 Å². The second-order valence-corrected chi connectivity index (χ2v) is 6.17. The minimum atomic E-state index is -3.91. The molecule has 1 N–H and O–H groups in total. The molecule has 0 saturated heterocycles. The predicted molar refractivity (Wildman–Crippen MR) is 81.1 cm³/mol. The second-order valence-electron chi connectivity index (χ2n) is 4.48. The average molecular weight is 336 g/mol. The Labute approximate surface area is 133 Å². The molecule has 8 heteroatoms. The number of hydrogen-bond acceptors (Lipinski definition) is 6. The van der Waals surface area contributed by atoms with Gasteiger partial charge in [0.05, 0.1) is 30.8 Å². The first-order valence-corrected chi connectivity index (χ1v) is 7.92. The summed E-state index contributed by atoms with van der Waals surface area (Å²) in [7, 11) is -1.04. The van der Waals surface area contributed by atoms with Crippen molar-refractivity contribution in [1.82, 2.24) is 0 Å². The quantitative estimate of drug-likeness (QED) is 0.839. The fourth-order valence-corrected chi connectivity index (χ4v) is 2.93. The van der Waals surface area contributed by atoms with Crippen LogP contribution in [0.4, 0.5) is 5.69 Å². The molecular formula is C15H14NO6S-. The minimum absolute atomic E-state index is 0.0904. The van der Waals surface area contributed by atoms with Crippen molar-refractivity contribution >= 4 is 21.7 Å². The molecule has 0 saturated carbocycles. The summed E-state index contributed by atoms with van der Waals surface area (Å²) in [6.07, 6.45) is 0. The number of rotatable bonds is 6. The van der Waals surface area contributed by atoms with Crippen molar-refractivity contribution in [3.63, 3.8) is 0 Å². The Morgan fingerprint density at radius 3 is 2.22 bits per heavy atom. The van der Waals surface area contributed by atoms with Crippen molar-refractivity contribution in [3.8, 4) is 11.5 Å². The molecule has 0 aliphatic rings. The third-order valence-electron chi connectivity index (χ3n) is 3.05. The van der Waals surface area contributed by atoms with Crippen LogP contribution in [0.25, 0.3) is 0 Å². The van der Waals surface area contributed by atoms with E-state index in [0.29, 0.717) is 11.5 Å². The molecule has 0 heterocycles. The highest BCUT2D eigenvalue weighted by Crippen LogP contribution is 2.30. The first-order valence-electron chi connectivity index (χ1n) is 6.43. The number of carboxylic acid groups (broad SMARTS) is 1. The van der Waals surface area contributed by atoms with Gasteiger partial charge in [0.25, 0.3) is 10.0 Å². The fraction of sp³-hybridized carbons (Fsp3) is 0.133. The van der Waals surface area contributed by atoms with E-state index in [0.717, 1.165) is 12.1 Å². The van der Waals surface area contributed by atoms with E-state index in [-0.39, 0.29) is 16.1 Å². The summed E-state index contributed by atoms with van der Waals surface area (Å²) in [4.78, 5) is 10.6. The molecule has 2 rings (SSSR count). The van der Waals surface area contributed by atoms with Crippen LogP contribution >= 0.6 is 0 Å². The number of carboxylic acids is 1. The summed E-state index contributed by atoms with van der Waals surface area (Å²) in [5.74, 6) is -0.604. The van der Waals surface area contributed by atoms with Gasteiger partial charge in [-0.2, -0.15) is 0 Å². The summed E-state index contributed by atoms with van der Waals surface area (Å²) < 4.78 is 37.3. The number of sulfonamides is 1. The molecule has 7 nitrogen and oxygen atoms in total. The van der Waals surface area contributed by atoms with E-state index in [1.54, 1.807) is 12.1 Å². The zero-order chi connectivity index (χ0) is 17.0. The number of aromatic carboxylic acids is 1. The molecule has 122 valence electrons. The highest BCUT2D eigenvalue weighted by atomic mass is 32.2. The van der Waals surface area contributed by atoms with Crippen molar-refractivity contribution in [1.29, 1.82) is 0 Å². The summed E-state index contributed by atoms with van der Waals surface area (Å²) in [6.45, 7) is 0. The molecule has 2 aromatic rings. The molecule has 0 atom stereocenters. The Kier molecular flexibility index (Phi) is 4.75. The van der Waals surface area contributed by atoms with E-state index < -0.39 is 16.0 Å². The summed E-state index contributed by atoms with van der Waals surface area (Å²) in [5, 5.41) is 10.7. The molecule has 23 heavy (non-hydrogen) atoms. The van der Waals surface area contributed by atoms with E-state index in [9.17, 15) is 18.3 Å². The molecule has 0 aliphatic carbocycles. The summed E-state index contributed by atoms with van der Waals surface area (Å²) in [6, 6.07) is 9.35. The predicted octanol–water partition coefficient (Wildman–Crippen LogP) is 0.868. The minimum Gasteiger partial charge on any atom is -0.545 e. The maximum Gasteiger partial charge on any atom is 0.262 e. The van der Waals surface area contributed by atoms with Crippen LogP contribution in [0.5, 0.6) is 11.5 Å². The lowest BCUT2D eigenvalue weighted by Gasteiger charge is -2.13. The fourth-order valence-electron chi connectivity index (χ4n) is 1.87. The molecule has 0 spiro atoms. The van der Waals surface area contributed by atoms with E-state index in [4.69, 9.17) is 9.47 Å². The van der Waals surface area contributed by atoms with Crippen LogP contribution in [0.3, 0.4) is 0 Å². The van der Waals surface area contributed by atoms with Gasteiger partial charge < -0.3 is 19.4 Å².